The van der Waals surface area contributed by atoms with E-state index < -0.39 is 0 Å². The van der Waals surface area contributed by atoms with E-state index in [1.165, 1.54) is 18.9 Å². The fraction of sp³-hybridized carbons (Fsp3) is 0.250. The zero-order chi connectivity index (χ0) is 17.8. The molecule has 0 amide bonds. The summed E-state index contributed by atoms with van der Waals surface area (Å²) in [6.45, 7) is 0. The second kappa shape index (κ2) is 7.39. The van der Waals surface area contributed by atoms with Crippen LogP contribution in [-0.2, 0) is 9.53 Å². The molecule has 0 aliphatic heterocycles. The summed E-state index contributed by atoms with van der Waals surface area (Å²) >= 11 is 1.19. The molecule has 25 heavy (non-hydrogen) atoms. The van der Waals surface area contributed by atoms with Crippen LogP contribution in [0.3, 0.4) is 0 Å². The van der Waals surface area contributed by atoms with Crippen LogP contribution < -0.4 is 9.47 Å². The lowest BCUT2D eigenvalue weighted by Crippen LogP contribution is -2.03. The molecule has 0 fully saturated rings. The molecule has 0 saturated carbocycles. The van der Waals surface area contributed by atoms with Crippen LogP contribution in [0.4, 0.5) is 0 Å². The lowest BCUT2D eigenvalue weighted by atomic mass is 10.1. The first-order chi connectivity index (χ1) is 12.2. The van der Waals surface area contributed by atoms with Gasteiger partial charge >= 0.3 is 5.97 Å². The summed E-state index contributed by atoms with van der Waals surface area (Å²) in [4.78, 5) is 19.8. The number of esters is 1. The lowest BCUT2D eigenvalue weighted by Gasteiger charge is -2.10. The molecule has 9 heteroatoms. The van der Waals surface area contributed by atoms with E-state index in [4.69, 9.17) is 9.47 Å². The molecule has 130 valence electrons. The minimum Gasteiger partial charge on any atom is -0.493 e. The Hall–Kier alpha value is -2.81. The number of aromatic nitrogens is 4. The van der Waals surface area contributed by atoms with Gasteiger partial charge in [0, 0.05) is 11.8 Å². The molecule has 3 aromatic rings. The Labute approximate surface area is 148 Å². The summed E-state index contributed by atoms with van der Waals surface area (Å²) < 4.78 is 16.9. The third-order valence-electron chi connectivity index (χ3n) is 3.45. The Kier molecular flexibility index (Phi) is 5.03. The zero-order valence-electron chi connectivity index (χ0n) is 13.9. The highest BCUT2D eigenvalue weighted by molar-refractivity contribution is 7.99. The summed E-state index contributed by atoms with van der Waals surface area (Å²) in [5.74, 6) is 1.51. The maximum Gasteiger partial charge on any atom is 0.316 e. The predicted molar refractivity (Wildman–Crippen MR) is 92.1 cm³/mol. The number of methoxy groups -OCH3 is 3. The van der Waals surface area contributed by atoms with Gasteiger partial charge in [0.25, 0.3) is 5.78 Å². The number of nitrogens with zero attached hydrogens (tertiary/aromatic N) is 4. The molecule has 0 radical (unpaired) electrons. The molecule has 2 aromatic heterocycles. The summed E-state index contributed by atoms with van der Waals surface area (Å²) in [6.07, 6.45) is 1.66. The number of thioether (sulfide) groups is 1. The fourth-order valence-corrected chi connectivity index (χ4v) is 2.88. The van der Waals surface area contributed by atoms with E-state index in [2.05, 4.69) is 19.8 Å². The van der Waals surface area contributed by atoms with Crippen molar-refractivity contribution in [2.45, 2.75) is 5.16 Å². The second-order valence-corrected chi connectivity index (χ2v) is 5.81. The molecular weight excluding hydrogens is 344 g/mol. The normalized spacial score (nSPS) is 10.7. The number of ether oxygens (including phenoxy) is 3. The van der Waals surface area contributed by atoms with Crippen molar-refractivity contribution in [3.63, 3.8) is 0 Å². The first-order valence-corrected chi connectivity index (χ1v) is 8.28. The molecule has 0 atom stereocenters. The van der Waals surface area contributed by atoms with Gasteiger partial charge in [0.05, 0.1) is 32.8 Å². The number of hydrogen-bond donors (Lipinski definition) is 0. The van der Waals surface area contributed by atoms with Crippen LogP contribution in [0.1, 0.15) is 0 Å². The zero-order valence-corrected chi connectivity index (χ0v) is 14.7. The molecular formula is C16H16N4O4S. The predicted octanol–water partition coefficient (Wildman–Crippen LogP) is 2.07. The van der Waals surface area contributed by atoms with Crippen LogP contribution >= 0.6 is 11.8 Å². The number of benzene rings is 1. The highest BCUT2D eigenvalue weighted by Gasteiger charge is 2.13. The van der Waals surface area contributed by atoms with Gasteiger partial charge in [0.1, 0.15) is 0 Å². The molecule has 2 heterocycles. The van der Waals surface area contributed by atoms with E-state index in [1.54, 1.807) is 24.9 Å². The van der Waals surface area contributed by atoms with E-state index in [0.29, 0.717) is 22.4 Å². The van der Waals surface area contributed by atoms with E-state index in [9.17, 15) is 4.79 Å². The Balaban J connectivity index is 1.99. The lowest BCUT2D eigenvalue weighted by molar-refractivity contribution is -0.137. The Morgan fingerprint density at radius 1 is 1.16 bits per heavy atom. The van der Waals surface area contributed by atoms with Crippen molar-refractivity contribution in [3.05, 3.63) is 30.5 Å². The van der Waals surface area contributed by atoms with Gasteiger partial charge in [-0.15, -0.1) is 5.10 Å². The minimum absolute atomic E-state index is 0.138. The van der Waals surface area contributed by atoms with Gasteiger partial charge in [-0.25, -0.2) is 4.98 Å². The van der Waals surface area contributed by atoms with Crippen molar-refractivity contribution in [1.29, 1.82) is 0 Å². The van der Waals surface area contributed by atoms with Crippen LogP contribution in [0.25, 0.3) is 17.0 Å². The Bertz CT molecular complexity index is 912. The molecule has 1 aromatic carbocycles. The average molecular weight is 360 g/mol. The maximum atomic E-state index is 11.3. The third kappa shape index (κ3) is 3.50. The molecule has 0 aliphatic rings. The van der Waals surface area contributed by atoms with Crippen LogP contribution in [0.2, 0.25) is 0 Å². The molecule has 0 saturated heterocycles. The molecule has 3 rings (SSSR count). The van der Waals surface area contributed by atoms with Gasteiger partial charge in [0.15, 0.2) is 11.5 Å². The molecule has 0 spiro atoms. The van der Waals surface area contributed by atoms with Gasteiger partial charge in [0.2, 0.25) is 5.16 Å². The van der Waals surface area contributed by atoms with Crippen molar-refractivity contribution >= 4 is 23.5 Å². The van der Waals surface area contributed by atoms with Crippen molar-refractivity contribution in [2.75, 3.05) is 27.1 Å². The molecule has 8 nitrogen and oxygen atoms in total. The highest BCUT2D eigenvalue weighted by atomic mass is 32.2. The fourth-order valence-electron chi connectivity index (χ4n) is 2.23. The number of carbonyl (C=O) groups is 1. The maximum absolute atomic E-state index is 11.3. The third-order valence-corrected chi connectivity index (χ3v) is 4.26. The molecule has 0 N–H and O–H groups in total. The summed E-state index contributed by atoms with van der Waals surface area (Å²) in [7, 11) is 4.52. The average Bonchev–Trinajstić information content (AvgIpc) is 3.08. The number of hydrogen-bond acceptors (Lipinski definition) is 8. The topological polar surface area (TPSA) is 87.8 Å². The number of carbonyl (C=O) groups excluding carboxylic acids is 1. The quantitative estimate of drug-likeness (QED) is 0.488. The van der Waals surface area contributed by atoms with E-state index >= 15 is 0 Å². The summed E-state index contributed by atoms with van der Waals surface area (Å²) in [6, 6.07) is 7.41. The Morgan fingerprint density at radius 2 is 1.96 bits per heavy atom. The highest BCUT2D eigenvalue weighted by Crippen LogP contribution is 2.32. The number of rotatable bonds is 6. The van der Waals surface area contributed by atoms with Gasteiger partial charge in [-0.1, -0.05) is 11.8 Å². The van der Waals surface area contributed by atoms with Crippen LogP contribution in [0.5, 0.6) is 11.5 Å². The molecule has 0 unspecified atom stereocenters. The van der Waals surface area contributed by atoms with Crippen LogP contribution in [0.15, 0.2) is 35.6 Å². The van der Waals surface area contributed by atoms with Gasteiger partial charge < -0.3 is 14.2 Å². The SMILES string of the molecule is COC(=O)CSc1nc2nccc(-c3ccc(OC)c(OC)c3)n2n1. The van der Waals surface area contributed by atoms with Crippen molar-refractivity contribution < 1.29 is 19.0 Å². The van der Waals surface area contributed by atoms with Crippen molar-refractivity contribution in [3.8, 4) is 22.8 Å². The van der Waals surface area contributed by atoms with Gasteiger partial charge in [-0.05, 0) is 24.3 Å². The van der Waals surface area contributed by atoms with E-state index in [0.717, 1.165) is 11.3 Å². The van der Waals surface area contributed by atoms with Crippen molar-refractivity contribution in [2.24, 2.45) is 0 Å². The molecule has 0 bridgehead atoms. The van der Waals surface area contributed by atoms with E-state index in [-0.39, 0.29) is 11.7 Å². The largest absolute Gasteiger partial charge is 0.493 e. The summed E-state index contributed by atoms with van der Waals surface area (Å²) in [5.41, 5.74) is 1.67. The van der Waals surface area contributed by atoms with Crippen molar-refractivity contribution in [1.82, 2.24) is 19.6 Å². The van der Waals surface area contributed by atoms with E-state index in [1.807, 2.05) is 24.3 Å². The molecule has 0 aliphatic carbocycles. The second-order valence-electron chi connectivity index (χ2n) is 4.87. The first kappa shape index (κ1) is 17.0. The van der Waals surface area contributed by atoms with Gasteiger partial charge in [-0.2, -0.15) is 9.50 Å². The van der Waals surface area contributed by atoms with Crippen LogP contribution in [0, 0.1) is 0 Å². The van der Waals surface area contributed by atoms with Gasteiger partial charge in [-0.3, -0.25) is 4.79 Å². The monoisotopic (exact) mass is 360 g/mol. The summed E-state index contributed by atoms with van der Waals surface area (Å²) in [5, 5.41) is 4.87. The van der Waals surface area contributed by atoms with Crippen LogP contribution in [-0.4, -0.2) is 52.6 Å². The smallest absolute Gasteiger partial charge is 0.316 e. The first-order valence-electron chi connectivity index (χ1n) is 7.30. The minimum atomic E-state index is -0.336. The standard InChI is InChI=1S/C16H16N4O4S/c1-22-12-5-4-10(8-13(12)23-2)11-6-7-17-15-18-16(19-20(11)15)25-9-14(21)24-3/h4-8H,9H2,1-3H3. The number of fused-ring (bicyclic) bond motifs is 1. The Morgan fingerprint density at radius 3 is 2.68 bits per heavy atom.